The van der Waals surface area contributed by atoms with E-state index in [0.29, 0.717) is 17.1 Å². The molecule has 0 bridgehead atoms. The van der Waals surface area contributed by atoms with E-state index in [1.807, 2.05) is 0 Å². The quantitative estimate of drug-likeness (QED) is 0.812. The Hall–Kier alpha value is -2.58. The van der Waals surface area contributed by atoms with Crippen LogP contribution in [0, 0.1) is 5.41 Å². The molecule has 1 fully saturated rings. The molecule has 1 aliphatic heterocycles. The van der Waals surface area contributed by atoms with Crippen LogP contribution in [0.5, 0.6) is 11.5 Å². The number of aliphatic hydroxyl groups is 1. The minimum atomic E-state index is -3.95. The Morgan fingerprint density at radius 3 is 2.46 bits per heavy atom. The average Bonchev–Trinajstić information content (AvgIpc) is 3.15. The molecular weight excluding hydrogens is 360 g/mol. The second-order valence-corrected chi connectivity index (χ2v) is 8.44. The van der Waals surface area contributed by atoms with E-state index in [2.05, 4.69) is 0 Å². The number of carboxylic acids is 1. The predicted octanol–water partition coefficient (Wildman–Crippen LogP) is 1.42. The lowest BCUT2D eigenvalue weighted by Crippen LogP contribution is -2.27. The summed E-state index contributed by atoms with van der Waals surface area (Å²) in [6, 6.07) is 12.5. The maximum atomic E-state index is 13.1. The van der Waals surface area contributed by atoms with Crippen LogP contribution in [0.4, 0.5) is 0 Å². The molecule has 1 saturated carbocycles. The Kier molecular flexibility index (Phi) is 3.71. The van der Waals surface area contributed by atoms with Gasteiger partial charge in [0.25, 0.3) is 0 Å². The SMILES string of the molecule is O=C(O)[C@@]1(CO)[C@H](S(=O)(=O)c2ccccc2)[C@@H]1c1ccc2c(c1)OCO2. The van der Waals surface area contributed by atoms with Gasteiger partial charge in [-0.05, 0) is 29.8 Å². The van der Waals surface area contributed by atoms with Gasteiger partial charge in [-0.3, -0.25) is 4.79 Å². The number of fused-ring (bicyclic) bond motifs is 1. The molecule has 0 spiro atoms. The van der Waals surface area contributed by atoms with Crippen molar-refractivity contribution >= 4 is 15.8 Å². The van der Waals surface area contributed by atoms with Gasteiger partial charge in [0, 0.05) is 5.92 Å². The van der Waals surface area contributed by atoms with Crippen molar-refractivity contribution in [3.8, 4) is 11.5 Å². The summed E-state index contributed by atoms with van der Waals surface area (Å²) < 4.78 is 36.7. The van der Waals surface area contributed by atoms with Crippen molar-refractivity contribution in [2.24, 2.45) is 5.41 Å². The number of ether oxygens (including phenoxy) is 2. The first-order valence-corrected chi connectivity index (χ1v) is 9.50. The van der Waals surface area contributed by atoms with Gasteiger partial charge in [-0.1, -0.05) is 24.3 Å². The number of aliphatic hydroxyl groups excluding tert-OH is 1. The van der Waals surface area contributed by atoms with Gasteiger partial charge >= 0.3 is 5.97 Å². The van der Waals surface area contributed by atoms with Crippen molar-refractivity contribution in [2.45, 2.75) is 16.1 Å². The molecule has 0 unspecified atom stereocenters. The summed E-state index contributed by atoms with van der Waals surface area (Å²) in [7, 11) is -3.95. The van der Waals surface area contributed by atoms with Crippen LogP contribution < -0.4 is 9.47 Å². The highest BCUT2D eigenvalue weighted by Crippen LogP contribution is 2.64. The minimum Gasteiger partial charge on any atom is -0.481 e. The van der Waals surface area contributed by atoms with Crippen molar-refractivity contribution in [1.82, 2.24) is 0 Å². The van der Waals surface area contributed by atoms with Crippen LogP contribution >= 0.6 is 0 Å². The molecule has 2 N–H and O–H groups in total. The van der Waals surface area contributed by atoms with Gasteiger partial charge in [0.15, 0.2) is 21.3 Å². The Balaban J connectivity index is 1.81. The largest absolute Gasteiger partial charge is 0.481 e. The number of benzene rings is 2. The summed E-state index contributed by atoms with van der Waals surface area (Å²) in [5.41, 5.74) is -1.31. The lowest BCUT2D eigenvalue weighted by molar-refractivity contribution is -0.145. The lowest BCUT2D eigenvalue weighted by atomic mass is 10.00. The summed E-state index contributed by atoms with van der Waals surface area (Å²) in [5.74, 6) is -1.28. The summed E-state index contributed by atoms with van der Waals surface area (Å²) in [6.07, 6.45) is 0. The fraction of sp³-hybridized carbons (Fsp3) is 0.278. The van der Waals surface area contributed by atoms with Crippen LogP contribution in [0.15, 0.2) is 53.4 Å². The third-order valence-electron chi connectivity index (χ3n) is 5.08. The van der Waals surface area contributed by atoms with Crippen LogP contribution in [0.2, 0.25) is 0 Å². The second kappa shape index (κ2) is 5.72. The summed E-state index contributed by atoms with van der Waals surface area (Å²) >= 11 is 0. The summed E-state index contributed by atoms with van der Waals surface area (Å²) in [6.45, 7) is -0.725. The normalized spacial score (nSPS) is 26.5. The molecule has 2 aromatic rings. The molecule has 0 radical (unpaired) electrons. The van der Waals surface area contributed by atoms with E-state index in [4.69, 9.17) is 9.47 Å². The first-order chi connectivity index (χ1) is 12.4. The van der Waals surface area contributed by atoms with Crippen LogP contribution in [-0.4, -0.2) is 43.2 Å². The van der Waals surface area contributed by atoms with Gasteiger partial charge in [0.05, 0.1) is 16.8 Å². The zero-order chi connectivity index (χ0) is 18.5. The monoisotopic (exact) mass is 376 g/mol. The van der Waals surface area contributed by atoms with Crippen LogP contribution in [0.25, 0.3) is 0 Å². The molecule has 2 aliphatic rings. The fourth-order valence-electron chi connectivity index (χ4n) is 3.71. The average molecular weight is 376 g/mol. The molecule has 2 aromatic carbocycles. The van der Waals surface area contributed by atoms with Gasteiger partial charge in [0.1, 0.15) is 5.41 Å². The number of sulfone groups is 1. The molecule has 0 saturated heterocycles. The fourth-order valence-corrected chi connectivity index (χ4v) is 6.09. The number of hydrogen-bond acceptors (Lipinski definition) is 6. The molecule has 8 heteroatoms. The van der Waals surface area contributed by atoms with E-state index in [1.165, 1.54) is 12.1 Å². The zero-order valence-corrected chi connectivity index (χ0v) is 14.3. The van der Waals surface area contributed by atoms with Crippen molar-refractivity contribution in [3.63, 3.8) is 0 Å². The molecule has 3 atom stereocenters. The Bertz CT molecular complexity index is 970. The van der Waals surface area contributed by atoms with Crippen LogP contribution in [-0.2, 0) is 14.6 Å². The number of rotatable bonds is 5. The van der Waals surface area contributed by atoms with Gasteiger partial charge in [0.2, 0.25) is 6.79 Å². The van der Waals surface area contributed by atoms with Gasteiger partial charge in [-0.15, -0.1) is 0 Å². The van der Waals surface area contributed by atoms with E-state index < -0.39 is 39.0 Å². The molecule has 136 valence electrons. The minimum absolute atomic E-state index is 0.0346. The Morgan fingerprint density at radius 2 is 1.81 bits per heavy atom. The topological polar surface area (TPSA) is 110 Å². The van der Waals surface area contributed by atoms with Gasteiger partial charge < -0.3 is 19.7 Å². The molecule has 7 nitrogen and oxygen atoms in total. The van der Waals surface area contributed by atoms with E-state index in [-0.39, 0.29) is 11.7 Å². The highest BCUT2D eigenvalue weighted by Gasteiger charge is 2.75. The van der Waals surface area contributed by atoms with Crippen molar-refractivity contribution in [2.75, 3.05) is 13.4 Å². The van der Waals surface area contributed by atoms with E-state index in [1.54, 1.807) is 36.4 Å². The smallest absolute Gasteiger partial charge is 0.314 e. The van der Waals surface area contributed by atoms with E-state index in [9.17, 15) is 23.4 Å². The number of hydrogen-bond donors (Lipinski definition) is 2. The second-order valence-electron chi connectivity index (χ2n) is 6.37. The number of carbonyl (C=O) groups is 1. The van der Waals surface area contributed by atoms with Crippen molar-refractivity contribution < 1.29 is 32.9 Å². The van der Waals surface area contributed by atoms with Crippen LogP contribution in [0.1, 0.15) is 11.5 Å². The summed E-state index contributed by atoms with van der Waals surface area (Å²) in [5, 5.41) is 18.3. The predicted molar refractivity (Wildman–Crippen MR) is 89.9 cm³/mol. The summed E-state index contributed by atoms with van der Waals surface area (Å²) in [4.78, 5) is 12.0. The maximum absolute atomic E-state index is 13.1. The number of aliphatic carboxylic acids is 1. The molecule has 0 aromatic heterocycles. The van der Waals surface area contributed by atoms with E-state index >= 15 is 0 Å². The van der Waals surface area contributed by atoms with E-state index in [0.717, 1.165) is 0 Å². The molecule has 1 heterocycles. The zero-order valence-electron chi connectivity index (χ0n) is 13.5. The first kappa shape index (κ1) is 16.9. The van der Waals surface area contributed by atoms with Gasteiger partial charge in [-0.2, -0.15) is 0 Å². The standard InChI is InChI=1S/C18H16O7S/c19-9-18(17(20)21)15(11-6-7-13-14(8-11)25-10-24-13)16(18)26(22,23)12-4-2-1-3-5-12/h1-8,15-16,19H,9-10H2,(H,20,21)/t15-,16+,18+/m0/s1. The highest BCUT2D eigenvalue weighted by atomic mass is 32.2. The third-order valence-corrected chi connectivity index (χ3v) is 7.37. The molecule has 4 rings (SSSR count). The molecule has 0 amide bonds. The third kappa shape index (κ3) is 2.22. The Labute approximate surface area is 149 Å². The van der Waals surface area contributed by atoms with Crippen molar-refractivity contribution in [3.05, 3.63) is 54.1 Å². The maximum Gasteiger partial charge on any atom is 0.314 e. The Morgan fingerprint density at radius 1 is 1.12 bits per heavy atom. The highest BCUT2D eigenvalue weighted by molar-refractivity contribution is 7.92. The molecule has 26 heavy (non-hydrogen) atoms. The van der Waals surface area contributed by atoms with Crippen LogP contribution in [0.3, 0.4) is 0 Å². The molecule has 1 aliphatic carbocycles. The first-order valence-electron chi connectivity index (χ1n) is 7.95. The van der Waals surface area contributed by atoms with Crippen molar-refractivity contribution in [1.29, 1.82) is 0 Å². The van der Waals surface area contributed by atoms with Gasteiger partial charge in [-0.25, -0.2) is 8.42 Å². The molecular formula is C18H16O7S. The lowest BCUT2D eigenvalue weighted by Gasteiger charge is -2.09. The number of carboxylic acid groups (broad SMARTS) is 1.